The Morgan fingerprint density at radius 1 is 1.27 bits per heavy atom. The fraction of sp³-hybridized carbons (Fsp3) is 0.278. The molecule has 0 radical (unpaired) electrons. The van der Waals surface area contributed by atoms with E-state index in [0.717, 1.165) is 17.1 Å². The third-order valence-corrected chi connectivity index (χ3v) is 5.13. The Hall–Kier alpha value is -2.25. The van der Waals surface area contributed by atoms with E-state index >= 15 is 0 Å². The summed E-state index contributed by atoms with van der Waals surface area (Å²) in [5.74, 6) is 3.08. The van der Waals surface area contributed by atoms with Crippen LogP contribution in [0.15, 0.2) is 46.0 Å². The van der Waals surface area contributed by atoms with Gasteiger partial charge in [-0.15, -0.1) is 5.10 Å². The van der Waals surface area contributed by atoms with Crippen molar-refractivity contribution < 1.29 is 9.21 Å². The van der Waals surface area contributed by atoms with Gasteiger partial charge in [-0.1, -0.05) is 23.4 Å². The summed E-state index contributed by atoms with van der Waals surface area (Å²) in [6.45, 7) is 0.342. The Balaban J connectivity index is 1.25. The number of H-pyrrole nitrogens is 1. The zero-order valence-electron chi connectivity index (χ0n) is 13.9. The van der Waals surface area contributed by atoms with Crippen LogP contribution < -0.4 is 5.32 Å². The smallest absolute Gasteiger partial charge is 0.230 e. The molecule has 0 bridgehead atoms. The molecule has 26 heavy (non-hydrogen) atoms. The number of aromatic amines is 1. The monoisotopic (exact) mass is 388 g/mol. The summed E-state index contributed by atoms with van der Waals surface area (Å²) >= 11 is 7.22. The lowest BCUT2D eigenvalue weighted by Gasteiger charge is -2.02. The first-order chi connectivity index (χ1) is 12.7. The first kappa shape index (κ1) is 17.2. The Morgan fingerprint density at radius 2 is 2.08 bits per heavy atom. The second kappa shape index (κ2) is 7.55. The maximum Gasteiger partial charge on any atom is 0.230 e. The highest BCUT2D eigenvalue weighted by Crippen LogP contribution is 2.38. The maximum atomic E-state index is 12.0. The number of amides is 1. The molecule has 1 aromatic carbocycles. The van der Waals surface area contributed by atoms with Gasteiger partial charge in [-0.2, -0.15) is 0 Å². The number of benzene rings is 1. The van der Waals surface area contributed by atoms with Crippen LogP contribution >= 0.6 is 23.4 Å². The fourth-order valence-corrected chi connectivity index (χ4v) is 3.23. The molecule has 134 valence electrons. The zero-order chi connectivity index (χ0) is 17.9. The summed E-state index contributed by atoms with van der Waals surface area (Å²) in [6, 6.07) is 11.2. The van der Waals surface area contributed by atoms with Gasteiger partial charge in [0.2, 0.25) is 11.1 Å². The van der Waals surface area contributed by atoms with Crippen LogP contribution in [0.3, 0.4) is 0 Å². The summed E-state index contributed by atoms with van der Waals surface area (Å²) in [5, 5.41) is 11.2. The number of nitrogens with one attached hydrogen (secondary N) is 2. The van der Waals surface area contributed by atoms with Crippen LogP contribution in [0.1, 0.15) is 30.3 Å². The van der Waals surface area contributed by atoms with E-state index in [2.05, 4.69) is 20.5 Å². The lowest BCUT2D eigenvalue weighted by molar-refractivity contribution is -0.118. The molecule has 0 aliphatic heterocycles. The molecule has 1 aliphatic rings. The van der Waals surface area contributed by atoms with Crippen LogP contribution in [0.25, 0.3) is 11.3 Å². The summed E-state index contributed by atoms with van der Waals surface area (Å²) < 4.78 is 5.77. The Bertz CT molecular complexity index is 902. The van der Waals surface area contributed by atoms with Crippen molar-refractivity contribution in [1.82, 2.24) is 20.5 Å². The molecule has 3 aromatic rings. The lowest BCUT2D eigenvalue weighted by Crippen LogP contribution is -2.24. The van der Waals surface area contributed by atoms with E-state index in [1.165, 1.54) is 24.6 Å². The predicted molar refractivity (Wildman–Crippen MR) is 100 cm³/mol. The molecule has 1 aliphatic carbocycles. The minimum atomic E-state index is -0.0859. The van der Waals surface area contributed by atoms with Crippen LogP contribution in [-0.2, 0) is 11.3 Å². The Labute approximate surface area is 159 Å². The average Bonchev–Trinajstić information content (AvgIpc) is 3.20. The average molecular weight is 389 g/mol. The number of hydrogen-bond donors (Lipinski definition) is 2. The molecule has 1 fully saturated rings. The van der Waals surface area contributed by atoms with Gasteiger partial charge in [0.15, 0.2) is 0 Å². The molecule has 1 amide bonds. The van der Waals surface area contributed by atoms with Crippen molar-refractivity contribution in [2.24, 2.45) is 0 Å². The molecule has 0 spiro atoms. The van der Waals surface area contributed by atoms with Gasteiger partial charge in [-0.25, -0.2) is 4.98 Å². The van der Waals surface area contributed by atoms with Crippen molar-refractivity contribution in [3.05, 3.63) is 53.0 Å². The minimum Gasteiger partial charge on any atom is -0.459 e. The SMILES string of the molecule is O=C(CSc1n[nH]c(C2CC2)n1)NCc1ccc(-c2ccc(Cl)cc2)o1. The number of thioether (sulfide) groups is 1. The molecule has 0 atom stereocenters. The second-order valence-corrected chi connectivity index (χ2v) is 7.49. The third-order valence-electron chi connectivity index (χ3n) is 4.03. The van der Waals surface area contributed by atoms with E-state index in [0.29, 0.717) is 28.4 Å². The van der Waals surface area contributed by atoms with Gasteiger partial charge in [-0.05, 0) is 49.2 Å². The van der Waals surface area contributed by atoms with E-state index in [9.17, 15) is 4.79 Å². The second-order valence-electron chi connectivity index (χ2n) is 6.12. The molecule has 0 saturated heterocycles. The van der Waals surface area contributed by atoms with Crippen LogP contribution in [0.4, 0.5) is 0 Å². The molecule has 4 rings (SSSR count). The summed E-state index contributed by atoms with van der Waals surface area (Å²) in [7, 11) is 0. The van der Waals surface area contributed by atoms with Gasteiger partial charge in [0.05, 0.1) is 12.3 Å². The van der Waals surface area contributed by atoms with Crippen molar-refractivity contribution in [3.63, 3.8) is 0 Å². The number of hydrogen-bond acceptors (Lipinski definition) is 5. The summed E-state index contributed by atoms with van der Waals surface area (Å²) in [5.41, 5.74) is 0.943. The minimum absolute atomic E-state index is 0.0859. The van der Waals surface area contributed by atoms with Gasteiger partial charge in [0.25, 0.3) is 0 Å². The summed E-state index contributed by atoms with van der Waals surface area (Å²) in [4.78, 5) is 16.4. The van der Waals surface area contributed by atoms with E-state index in [1.807, 2.05) is 36.4 Å². The molecule has 8 heteroatoms. The first-order valence-electron chi connectivity index (χ1n) is 8.34. The Morgan fingerprint density at radius 3 is 2.85 bits per heavy atom. The van der Waals surface area contributed by atoms with E-state index < -0.39 is 0 Å². The van der Waals surface area contributed by atoms with Crippen molar-refractivity contribution in [1.29, 1.82) is 0 Å². The van der Waals surface area contributed by atoms with Crippen LogP contribution in [0.5, 0.6) is 0 Å². The number of carbonyl (C=O) groups is 1. The van der Waals surface area contributed by atoms with E-state index in [1.54, 1.807) is 0 Å². The standard InChI is InChI=1S/C18H17ClN4O2S/c19-13-5-3-11(4-6-13)15-8-7-14(25-15)9-20-16(24)10-26-18-21-17(22-23-18)12-1-2-12/h3-8,12H,1-2,9-10H2,(H,20,24)(H,21,22,23). The normalized spacial score (nSPS) is 13.7. The number of halogens is 1. The molecule has 1 saturated carbocycles. The molecule has 2 N–H and O–H groups in total. The van der Waals surface area contributed by atoms with Crippen molar-refractivity contribution in [2.45, 2.75) is 30.5 Å². The number of aromatic nitrogens is 3. The van der Waals surface area contributed by atoms with Crippen LogP contribution in [0.2, 0.25) is 5.02 Å². The quantitative estimate of drug-likeness (QED) is 0.597. The molecule has 2 aromatic heterocycles. The van der Waals surface area contributed by atoms with E-state index in [4.69, 9.17) is 16.0 Å². The predicted octanol–water partition coefficient (Wildman–Crippen LogP) is 4.00. The molecular formula is C18H17ClN4O2S. The largest absolute Gasteiger partial charge is 0.459 e. The molecule has 0 unspecified atom stereocenters. The number of carbonyl (C=O) groups excluding carboxylic acids is 1. The van der Waals surface area contributed by atoms with Gasteiger partial charge in [-0.3, -0.25) is 9.89 Å². The summed E-state index contributed by atoms with van der Waals surface area (Å²) in [6.07, 6.45) is 2.34. The van der Waals surface area contributed by atoms with Gasteiger partial charge < -0.3 is 9.73 Å². The zero-order valence-corrected chi connectivity index (χ0v) is 15.4. The van der Waals surface area contributed by atoms with E-state index in [-0.39, 0.29) is 11.7 Å². The number of furan rings is 1. The van der Waals surface area contributed by atoms with Crippen molar-refractivity contribution in [3.8, 4) is 11.3 Å². The van der Waals surface area contributed by atoms with Gasteiger partial charge in [0.1, 0.15) is 17.3 Å². The highest BCUT2D eigenvalue weighted by molar-refractivity contribution is 7.99. The van der Waals surface area contributed by atoms with Crippen LogP contribution in [0, 0.1) is 0 Å². The fourth-order valence-electron chi connectivity index (χ4n) is 2.47. The maximum absolute atomic E-state index is 12.0. The van der Waals surface area contributed by atoms with Gasteiger partial charge in [0, 0.05) is 16.5 Å². The number of rotatable bonds is 7. The first-order valence-corrected chi connectivity index (χ1v) is 9.70. The van der Waals surface area contributed by atoms with Crippen molar-refractivity contribution in [2.75, 3.05) is 5.75 Å². The van der Waals surface area contributed by atoms with Gasteiger partial charge >= 0.3 is 0 Å². The molecule has 6 nitrogen and oxygen atoms in total. The number of nitrogens with zero attached hydrogens (tertiary/aromatic N) is 2. The molecular weight excluding hydrogens is 372 g/mol. The molecule has 2 heterocycles. The Kier molecular flexibility index (Phi) is 4.99. The van der Waals surface area contributed by atoms with Crippen LogP contribution in [-0.4, -0.2) is 26.8 Å². The van der Waals surface area contributed by atoms with Crippen molar-refractivity contribution >= 4 is 29.3 Å². The lowest BCUT2D eigenvalue weighted by atomic mass is 10.2. The highest BCUT2D eigenvalue weighted by Gasteiger charge is 2.27. The topological polar surface area (TPSA) is 83.8 Å². The highest BCUT2D eigenvalue weighted by atomic mass is 35.5. The third kappa shape index (κ3) is 4.28.